The summed E-state index contributed by atoms with van der Waals surface area (Å²) in [6.07, 6.45) is 3.47. The Morgan fingerprint density at radius 1 is 0.783 bits per heavy atom. The molecule has 1 N–H and O–H groups in total. The number of benzene rings is 1. The number of rotatable bonds is 2. The Bertz CT molecular complexity index is 834. The van der Waals surface area contributed by atoms with Crippen LogP contribution < -0.4 is 5.32 Å². The molecule has 4 heteroatoms. The number of carbonyl (C=O) groups is 1. The Balaban J connectivity index is 1.87. The molecule has 3 heterocycles. The van der Waals surface area contributed by atoms with Crippen molar-refractivity contribution in [3.63, 3.8) is 0 Å². The molecule has 0 saturated heterocycles. The average molecular weight is 301 g/mol. The summed E-state index contributed by atoms with van der Waals surface area (Å²) in [5.74, 6) is -0.310. The quantitative estimate of drug-likeness (QED) is 0.785. The maximum absolute atomic E-state index is 13.1. The zero-order valence-corrected chi connectivity index (χ0v) is 12.4. The topological polar surface area (TPSA) is 54.9 Å². The highest BCUT2D eigenvalue weighted by Crippen LogP contribution is 2.40. The number of fused-ring (bicyclic) bond motifs is 1. The van der Waals surface area contributed by atoms with Crippen LogP contribution in [0, 0.1) is 0 Å². The fraction of sp³-hybridized carbons (Fsp3) is 0.105. The molecule has 4 nitrogen and oxygen atoms in total. The van der Waals surface area contributed by atoms with Gasteiger partial charge in [-0.1, -0.05) is 24.3 Å². The van der Waals surface area contributed by atoms with Gasteiger partial charge in [0.15, 0.2) is 5.78 Å². The number of nitrogens with zero attached hydrogens (tertiary/aromatic N) is 2. The van der Waals surface area contributed by atoms with E-state index >= 15 is 0 Å². The Labute approximate surface area is 134 Å². The third-order valence-corrected chi connectivity index (χ3v) is 4.13. The van der Waals surface area contributed by atoms with Gasteiger partial charge in [-0.15, -0.1) is 0 Å². The fourth-order valence-corrected chi connectivity index (χ4v) is 3.06. The molecule has 0 bridgehead atoms. The monoisotopic (exact) mass is 301 g/mol. The lowest BCUT2D eigenvalue weighted by Crippen LogP contribution is -2.32. The molecule has 23 heavy (non-hydrogen) atoms. The van der Waals surface area contributed by atoms with E-state index in [1.807, 2.05) is 60.7 Å². The van der Waals surface area contributed by atoms with Crippen molar-refractivity contribution in [2.45, 2.75) is 12.0 Å². The van der Waals surface area contributed by atoms with Crippen LogP contribution >= 0.6 is 0 Å². The van der Waals surface area contributed by atoms with Crippen LogP contribution in [0.5, 0.6) is 0 Å². The number of nitrogens with one attached hydrogen (secondary N) is 1. The third kappa shape index (κ3) is 2.38. The van der Waals surface area contributed by atoms with E-state index < -0.39 is 0 Å². The highest BCUT2D eigenvalue weighted by Gasteiger charge is 2.38. The van der Waals surface area contributed by atoms with Crippen molar-refractivity contribution in [1.29, 1.82) is 0 Å². The molecular formula is C19H15N3O. The van der Waals surface area contributed by atoms with Crippen molar-refractivity contribution in [2.75, 3.05) is 5.32 Å². The van der Waals surface area contributed by atoms with Gasteiger partial charge in [0.2, 0.25) is 0 Å². The summed E-state index contributed by atoms with van der Waals surface area (Å²) in [5, 5.41) is 3.47. The van der Waals surface area contributed by atoms with Crippen LogP contribution in [0.1, 0.15) is 33.7 Å². The molecule has 3 aromatic rings. The molecule has 0 amide bonds. The molecule has 1 aliphatic rings. The van der Waals surface area contributed by atoms with Crippen molar-refractivity contribution in [3.05, 3.63) is 90.0 Å². The first-order valence-electron chi connectivity index (χ1n) is 7.56. The zero-order valence-electron chi connectivity index (χ0n) is 12.4. The highest BCUT2D eigenvalue weighted by atomic mass is 16.1. The first-order chi connectivity index (χ1) is 11.3. The molecule has 0 spiro atoms. The smallest absolute Gasteiger partial charge is 0.176 e. The van der Waals surface area contributed by atoms with Crippen molar-refractivity contribution < 1.29 is 4.79 Å². The maximum atomic E-state index is 13.1. The van der Waals surface area contributed by atoms with Gasteiger partial charge in [0.25, 0.3) is 0 Å². The zero-order chi connectivity index (χ0) is 15.6. The predicted octanol–water partition coefficient (Wildman–Crippen LogP) is 3.61. The number of Topliss-reactive ketones (excluding diaryl/α,β-unsaturated/α-hetero) is 1. The van der Waals surface area contributed by atoms with Crippen LogP contribution in [-0.2, 0) is 0 Å². The van der Waals surface area contributed by atoms with E-state index in [0.29, 0.717) is 5.56 Å². The van der Waals surface area contributed by atoms with Gasteiger partial charge in [0, 0.05) is 23.6 Å². The lowest BCUT2D eigenvalue weighted by Gasteiger charge is -2.32. The van der Waals surface area contributed by atoms with Gasteiger partial charge in [-0.25, -0.2) is 0 Å². The predicted molar refractivity (Wildman–Crippen MR) is 88.4 cm³/mol. The van der Waals surface area contributed by atoms with Crippen molar-refractivity contribution in [1.82, 2.24) is 9.97 Å². The van der Waals surface area contributed by atoms with Gasteiger partial charge in [0.05, 0.1) is 23.3 Å². The summed E-state index contributed by atoms with van der Waals surface area (Å²) in [6.45, 7) is 0. The highest BCUT2D eigenvalue weighted by molar-refractivity contribution is 6.07. The summed E-state index contributed by atoms with van der Waals surface area (Å²) >= 11 is 0. The molecule has 2 unspecified atom stereocenters. The molecule has 1 aromatic carbocycles. The van der Waals surface area contributed by atoms with Crippen LogP contribution in [0.3, 0.4) is 0 Å². The van der Waals surface area contributed by atoms with Gasteiger partial charge in [-0.2, -0.15) is 0 Å². The number of aromatic nitrogens is 2. The van der Waals surface area contributed by atoms with E-state index in [2.05, 4.69) is 15.3 Å². The second kappa shape index (κ2) is 5.65. The molecule has 0 aliphatic carbocycles. The largest absolute Gasteiger partial charge is 0.375 e. The van der Waals surface area contributed by atoms with Crippen molar-refractivity contribution in [3.8, 4) is 0 Å². The van der Waals surface area contributed by atoms with E-state index in [4.69, 9.17) is 0 Å². The minimum absolute atomic E-state index is 0.0775. The summed E-state index contributed by atoms with van der Waals surface area (Å²) < 4.78 is 0. The van der Waals surface area contributed by atoms with E-state index in [9.17, 15) is 4.79 Å². The summed E-state index contributed by atoms with van der Waals surface area (Å²) in [5.41, 5.74) is 3.15. The third-order valence-electron chi connectivity index (χ3n) is 4.13. The van der Waals surface area contributed by atoms with E-state index in [0.717, 1.165) is 17.1 Å². The van der Waals surface area contributed by atoms with Crippen LogP contribution in [0.25, 0.3) is 0 Å². The molecule has 1 aliphatic heterocycles. The standard InChI is InChI=1S/C19H15N3O/c23-19-13-7-1-2-8-14(13)22-18(16-10-4-6-12-21-16)17(19)15-9-3-5-11-20-15/h1-12,17-18,22H. The second-order valence-corrected chi connectivity index (χ2v) is 5.52. The van der Waals surface area contributed by atoms with Crippen molar-refractivity contribution in [2.24, 2.45) is 0 Å². The summed E-state index contributed by atoms with van der Waals surface area (Å²) in [4.78, 5) is 21.9. The van der Waals surface area contributed by atoms with E-state index in [-0.39, 0.29) is 17.7 Å². The molecular weight excluding hydrogens is 286 g/mol. The van der Waals surface area contributed by atoms with Gasteiger partial charge in [-0.3, -0.25) is 14.8 Å². The molecule has 112 valence electrons. The number of ketones is 1. The first-order valence-corrected chi connectivity index (χ1v) is 7.56. The lowest BCUT2D eigenvalue weighted by molar-refractivity contribution is 0.0942. The van der Waals surface area contributed by atoms with Gasteiger partial charge in [-0.05, 0) is 36.4 Å². The van der Waals surface area contributed by atoms with Crippen molar-refractivity contribution >= 4 is 11.5 Å². The maximum Gasteiger partial charge on any atom is 0.176 e. The number of para-hydroxylation sites is 1. The van der Waals surface area contributed by atoms with Crippen LogP contribution in [0.2, 0.25) is 0 Å². The molecule has 0 saturated carbocycles. The number of pyridine rings is 2. The molecule has 2 aromatic heterocycles. The lowest BCUT2D eigenvalue weighted by atomic mass is 9.82. The van der Waals surface area contributed by atoms with Crippen LogP contribution in [0.15, 0.2) is 73.1 Å². The van der Waals surface area contributed by atoms with Crippen LogP contribution in [0.4, 0.5) is 5.69 Å². The minimum Gasteiger partial charge on any atom is -0.375 e. The molecule has 0 radical (unpaired) electrons. The molecule has 2 atom stereocenters. The molecule has 0 fully saturated rings. The molecule has 4 rings (SSSR count). The average Bonchev–Trinajstić information content (AvgIpc) is 2.63. The Hall–Kier alpha value is -3.01. The van der Waals surface area contributed by atoms with E-state index in [1.54, 1.807) is 12.4 Å². The normalized spacial score (nSPS) is 19.7. The Morgan fingerprint density at radius 2 is 1.43 bits per heavy atom. The van der Waals surface area contributed by atoms with Crippen LogP contribution in [-0.4, -0.2) is 15.8 Å². The first kappa shape index (κ1) is 13.6. The minimum atomic E-state index is -0.388. The number of hydrogen-bond donors (Lipinski definition) is 1. The van der Waals surface area contributed by atoms with Gasteiger partial charge in [0.1, 0.15) is 0 Å². The van der Waals surface area contributed by atoms with Gasteiger partial charge >= 0.3 is 0 Å². The Kier molecular flexibility index (Phi) is 3.35. The fourth-order valence-electron chi connectivity index (χ4n) is 3.06. The Morgan fingerprint density at radius 3 is 2.13 bits per heavy atom. The number of anilines is 1. The number of hydrogen-bond acceptors (Lipinski definition) is 4. The summed E-state index contributed by atoms with van der Waals surface area (Å²) in [7, 11) is 0. The number of carbonyl (C=O) groups excluding carboxylic acids is 1. The summed E-state index contributed by atoms with van der Waals surface area (Å²) in [6, 6.07) is 18.8. The second-order valence-electron chi connectivity index (χ2n) is 5.52. The SMILES string of the molecule is O=C1c2ccccc2NC(c2ccccn2)C1c1ccccn1. The van der Waals surface area contributed by atoms with Gasteiger partial charge < -0.3 is 5.32 Å². The van der Waals surface area contributed by atoms with E-state index in [1.165, 1.54) is 0 Å².